The molecular formula is C10H14ClNO4S2. The maximum Gasteiger partial charge on any atom is 0.308 e. The van der Waals surface area contributed by atoms with Crippen molar-refractivity contribution >= 4 is 38.9 Å². The molecule has 0 amide bonds. The van der Waals surface area contributed by atoms with Gasteiger partial charge in [-0.2, -0.15) is 0 Å². The molecule has 18 heavy (non-hydrogen) atoms. The summed E-state index contributed by atoms with van der Waals surface area (Å²) in [5.74, 6) is -1.93. The lowest BCUT2D eigenvalue weighted by Crippen LogP contribution is -2.35. The number of nitrogens with one attached hydrogen (secondary N) is 1. The molecule has 0 radical (unpaired) electrons. The second-order valence-electron chi connectivity index (χ2n) is 4.10. The van der Waals surface area contributed by atoms with Crippen molar-refractivity contribution in [2.75, 3.05) is 6.54 Å². The van der Waals surface area contributed by atoms with Crippen LogP contribution in [0.2, 0.25) is 4.34 Å². The monoisotopic (exact) mass is 311 g/mol. The van der Waals surface area contributed by atoms with Gasteiger partial charge in [-0.25, -0.2) is 13.1 Å². The van der Waals surface area contributed by atoms with E-state index in [1.54, 1.807) is 13.8 Å². The quantitative estimate of drug-likeness (QED) is 0.842. The van der Waals surface area contributed by atoms with Gasteiger partial charge in [-0.1, -0.05) is 25.4 Å². The van der Waals surface area contributed by atoms with E-state index in [0.717, 1.165) is 11.3 Å². The summed E-state index contributed by atoms with van der Waals surface area (Å²) in [6.45, 7) is 3.33. The minimum atomic E-state index is -3.68. The molecule has 1 aromatic rings. The molecule has 1 aromatic heterocycles. The molecule has 0 saturated carbocycles. The lowest BCUT2D eigenvalue weighted by molar-refractivity contribution is -0.142. The standard InChI is InChI=1S/C10H14ClNO4S2/c1-6(2)7(10(13)14)5-12-18(15,16)9-4-3-8(11)17-9/h3-4,6-7,12H,5H2,1-2H3,(H,13,14). The van der Waals surface area contributed by atoms with Gasteiger partial charge in [-0.05, 0) is 18.1 Å². The van der Waals surface area contributed by atoms with Gasteiger partial charge in [0.05, 0.1) is 10.3 Å². The molecule has 0 aliphatic rings. The number of carboxylic acid groups (broad SMARTS) is 1. The van der Waals surface area contributed by atoms with Crippen LogP contribution in [0.3, 0.4) is 0 Å². The first-order valence-electron chi connectivity index (χ1n) is 5.22. The van der Waals surface area contributed by atoms with Crippen LogP contribution < -0.4 is 4.72 Å². The summed E-state index contributed by atoms with van der Waals surface area (Å²) < 4.78 is 26.4. The lowest BCUT2D eigenvalue weighted by atomic mass is 9.97. The summed E-state index contributed by atoms with van der Waals surface area (Å²) in [7, 11) is -3.68. The van der Waals surface area contributed by atoms with Crippen molar-refractivity contribution in [3.63, 3.8) is 0 Å². The van der Waals surface area contributed by atoms with Gasteiger partial charge in [0.2, 0.25) is 10.0 Å². The van der Waals surface area contributed by atoms with Crippen molar-refractivity contribution in [3.8, 4) is 0 Å². The second-order valence-corrected chi connectivity index (χ2v) is 7.81. The van der Waals surface area contributed by atoms with Crippen molar-refractivity contribution in [1.82, 2.24) is 4.72 Å². The number of sulfonamides is 1. The van der Waals surface area contributed by atoms with Crippen LogP contribution in [0.15, 0.2) is 16.3 Å². The Balaban J connectivity index is 2.76. The number of aliphatic carboxylic acids is 1. The molecule has 1 unspecified atom stereocenters. The summed E-state index contributed by atoms with van der Waals surface area (Å²) in [6.07, 6.45) is 0. The first-order valence-corrected chi connectivity index (χ1v) is 7.89. The van der Waals surface area contributed by atoms with Crippen LogP contribution in [0.4, 0.5) is 0 Å². The highest BCUT2D eigenvalue weighted by Crippen LogP contribution is 2.25. The topological polar surface area (TPSA) is 83.5 Å². The average Bonchev–Trinajstić information content (AvgIpc) is 2.64. The number of hydrogen-bond acceptors (Lipinski definition) is 4. The average molecular weight is 312 g/mol. The van der Waals surface area contributed by atoms with E-state index in [4.69, 9.17) is 16.7 Å². The molecule has 0 aliphatic heterocycles. The first kappa shape index (κ1) is 15.4. The minimum absolute atomic E-state index is 0.0837. The fraction of sp³-hybridized carbons (Fsp3) is 0.500. The second kappa shape index (κ2) is 6.01. The Morgan fingerprint density at radius 2 is 2.11 bits per heavy atom. The number of hydrogen-bond donors (Lipinski definition) is 2. The Labute approximate surface area is 115 Å². The fourth-order valence-electron chi connectivity index (χ4n) is 1.32. The Morgan fingerprint density at radius 1 is 1.50 bits per heavy atom. The fourth-order valence-corrected chi connectivity index (χ4v) is 3.91. The maximum absolute atomic E-state index is 11.8. The molecule has 1 rings (SSSR count). The zero-order valence-corrected chi connectivity index (χ0v) is 12.3. The highest BCUT2D eigenvalue weighted by atomic mass is 35.5. The van der Waals surface area contributed by atoms with Crippen LogP contribution in [0.25, 0.3) is 0 Å². The molecule has 102 valence electrons. The van der Waals surface area contributed by atoms with Gasteiger partial charge in [0.15, 0.2) is 0 Å². The van der Waals surface area contributed by atoms with Crippen molar-refractivity contribution in [1.29, 1.82) is 0 Å². The van der Waals surface area contributed by atoms with E-state index in [9.17, 15) is 13.2 Å². The van der Waals surface area contributed by atoms with Crippen molar-refractivity contribution in [3.05, 3.63) is 16.5 Å². The zero-order chi connectivity index (χ0) is 13.9. The Morgan fingerprint density at radius 3 is 2.50 bits per heavy atom. The Kier molecular flexibility index (Phi) is 5.15. The molecule has 0 saturated heterocycles. The minimum Gasteiger partial charge on any atom is -0.481 e. The molecule has 0 aliphatic carbocycles. The van der Waals surface area contributed by atoms with Gasteiger partial charge >= 0.3 is 5.97 Å². The van der Waals surface area contributed by atoms with Crippen molar-refractivity contribution in [2.45, 2.75) is 18.1 Å². The molecule has 0 aromatic carbocycles. The number of carboxylic acids is 1. The highest BCUT2D eigenvalue weighted by Gasteiger charge is 2.25. The van der Waals surface area contributed by atoms with Crippen LogP contribution >= 0.6 is 22.9 Å². The molecule has 8 heteroatoms. The molecule has 0 bridgehead atoms. The highest BCUT2D eigenvalue weighted by molar-refractivity contribution is 7.91. The molecule has 5 nitrogen and oxygen atoms in total. The summed E-state index contributed by atoms with van der Waals surface area (Å²) in [6, 6.07) is 2.87. The van der Waals surface area contributed by atoms with Crippen LogP contribution in [0, 0.1) is 11.8 Å². The third-order valence-electron chi connectivity index (χ3n) is 2.43. The number of carbonyl (C=O) groups is 1. The molecule has 1 atom stereocenters. The number of rotatable bonds is 6. The first-order chi connectivity index (χ1) is 8.24. The lowest BCUT2D eigenvalue weighted by Gasteiger charge is -2.16. The van der Waals surface area contributed by atoms with Gasteiger partial charge in [-0.3, -0.25) is 4.79 Å². The van der Waals surface area contributed by atoms with Crippen LogP contribution in [-0.2, 0) is 14.8 Å². The van der Waals surface area contributed by atoms with E-state index in [2.05, 4.69) is 4.72 Å². The molecule has 0 fully saturated rings. The third-order valence-corrected chi connectivity index (χ3v) is 5.58. The number of halogens is 1. The summed E-state index contributed by atoms with van der Waals surface area (Å²) >= 11 is 6.59. The molecule has 0 spiro atoms. The van der Waals surface area contributed by atoms with E-state index >= 15 is 0 Å². The largest absolute Gasteiger partial charge is 0.481 e. The van der Waals surface area contributed by atoms with Crippen LogP contribution in [-0.4, -0.2) is 26.0 Å². The molecule has 1 heterocycles. The SMILES string of the molecule is CC(C)C(CNS(=O)(=O)c1ccc(Cl)s1)C(=O)O. The van der Waals surface area contributed by atoms with E-state index in [-0.39, 0.29) is 16.7 Å². The van der Waals surface area contributed by atoms with Gasteiger partial charge in [-0.15, -0.1) is 11.3 Å². The predicted molar refractivity (Wildman–Crippen MR) is 70.5 cm³/mol. The van der Waals surface area contributed by atoms with Crippen LogP contribution in [0.5, 0.6) is 0 Å². The smallest absolute Gasteiger partial charge is 0.308 e. The van der Waals surface area contributed by atoms with E-state index in [1.165, 1.54) is 12.1 Å². The molecular weight excluding hydrogens is 298 g/mol. The van der Waals surface area contributed by atoms with E-state index in [1.807, 2.05) is 0 Å². The van der Waals surface area contributed by atoms with Gasteiger partial charge in [0.25, 0.3) is 0 Å². The summed E-state index contributed by atoms with van der Waals surface area (Å²) in [5.41, 5.74) is 0. The molecule has 2 N–H and O–H groups in total. The van der Waals surface area contributed by atoms with E-state index in [0.29, 0.717) is 4.34 Å². The Bertz CT molecular complexity index is 524. The number of thiophene rings is 1. The van der Waals surface area contributed by atoms with Gasteiger partial charge in [0, 0.05) is 6.54 Å². The van der Waals surface area contributed by atoms with Crippen LogP contribution in [0.1, 0.15) is 13.8 Å². The predicted octanol–water partition coefficient (Wildman–Crippen LogP) is 2.04. The Hall–Kier alpha value is -0.630. The van der Waals surface area contributed by atoms with Gasteiger partial charge < -0.3 is 5.11 Å². The zero-order valence-electron chi connectivity index (χ0n) is 9.88. The van der Waals surface area contributed by atoms with E-state index < -0.39 is 21.9 Å². The third kappa shape index (κ3) is 3.94. The normalized spacial score (nSPS) is 13.8. The van der Waals surface area contributed by atoms with Crippen molar-refractivity contribution < 1.29 is 18.3 Å². The summed E-state index contributed by atoms with van der Waals surface area (Å²) in [5, 5.41) is 8.96. The maximum atomic E-state index is 11.8. The van der Waals surface area contributed by atoms with Crippen molar-refractivity contribution in [2.24, 2.45) is 11.8 Å². The van der Waals surface area contributed by atoms with Gasteiger partial charge in [0.1, 0.15) is 4.21 Å². The summed E-state index contributed by atoms with van der Waals surface area (Å²) in [4.78, 5) is 10.9.